The number of alkyl halides is 3. The minimum absolute atomic E-state index is 0.000489. The van der Waals surface area contributed by atoms with Crippen LogP contribution < -0.4 is 0 Å². The maximum absolute atomic E-state index is 12.6. The Labute approximate surface area is 138 Å². The highest BCUT2D eigenvalue weighted by molar-refractivity contribution is 6.33. The molecule has 0 bridgehead atoms. The van der Waals surface area contributed by atoms with Crippen LogP contribution in [0.5, 0.6) is 0 Å². The Kier molecular flexibility index (Phi) is 4.11. The van der Waals surface area contributed by atoms with Gasteiger partial charge in [0.15, 0.2) is 0 Å². The molecule has 0 amide bonds. The number of carbonyl (C=O) groups is 1. The van der Waals surface area contributed by atoms with E-state index in [-0.39, 0.29) is 22.2 Å². The monoisotopic (exact) mass is 352 g/mol. The van der Waals surface area contributed by atoms with Gasteiger partial charge in [0, 0.05) is 17.8 Å². The molecule has 2 heterocycles. The fourth-order valence-corrected chi connectivity index (χ4v) is 2.27. The van der Waals surface area contributed by atoms with E-state index in [9.17, 15) is 18.0 Å². The van der Waals surface area contributed by atoms with Gasteiger partial charge in [-0.05, 0) is 6.07 Å². The average Bonchev–Trinajstić information content (AvgIpc) is 3.03. The fraction of sp³-hybridized carbons (Fsp3) is 0.0625. The number of benzene rings is 1. The molecule has 0 aliphatic heterocycles. The van der Waals surface area contributed by atoms with Gasteiger partial charge in [0.1, 0.15) is 11.4 Å². The fourth-order valence-electron chi connectivity index (χ4n) is 2.01. The van der Waals surface area contributed by atoms with Gasteiger partial charge in [0.25, 0.3) is 0 Å². The molecular formula is C16H8ClF3N2O2. The number of carbonyl (C=O) groups excluding carboxylic acids is 1. The topological polar surface area (TPSA) is 56.0 Å². The number of pyridine rings is 1. The van der Waals surface area contributed by atoms with Crippen molar-refractivity contribution < 1.29 is 22.5 Å². The molecule has 2 aromatic heterocycles. The zero-order chi connectivity index (χ0) is 17.3. The van der Waals surface area contributed by atoms with E-state index in [2.05, 4.69) is 10.1 Å². The Morgan fingerprint density at radius 3 is 2.46 bits per heavy atom. The van der Waals surface area contributed by atoms with Crippen molar-refractivity contribution in [3.63, 3.8) is 0 Å². The number of halogens is 4. The zero-order valence-electron chi connectivity index (χ0n) is 11.8. The molecule has 0 aliphatic carbocycles. The zero-order valence-corrected chi connectivity index (χ0v) is 12.6. The maximum atomic E-state index is 12.6. The number of rotatable bonds is 3. The van der Waals surface area contributed by atoms with Crippen LogP contribution in [0.25, 0.3) is 11.4 Å². The van der Waals surface area contributed by atoms with Crippen molar-refractivity contribution in [1.29, 1.82) is 0 Å². The standard InChI is InChI=1S/C16H8ClF3N2O2/c17-11-6-10(16(18,19)20)8-21-14(11)12-7-13(24-22-12)15(23)9-4-2-1-3-5-9/h1-8H. The van der Waals surface area contributed by atoms with E-state index in [0.717, 1.165) is 6.07 Å². The van der Waals surface area contributed by atoms with Crippen LogP contribution in [-0.2, 0) is 6.18 Å². The lowest BCUT2D eigenvalue weighted by molar-refractivity contribution is -0.137. The lowest BCUT2D eigenvalue weighted by Crippen LogP contribution is -2.05. The molecule has 0 atom stereocenters. The van der Waals surface area contributed by atoms with E-state index >= 15 is 0 Å². The van der Waals surface area contributed by atoms with Gasteiger partial charge in [-0.25, -0.2) is 0 Å². The third kappa shape index (κ3) is 3.16. The molecule has 8 heteroatoms. The van der Waals surface area contributed by atoms with Crippen molar-refractivity contribution in [3.8, 4) is 11.4 Å². The van der Waals surface area contributed by atoms with Gasteiger partial charge in [-0.3, -0.25) is 9.78 Å². The van der Waals surface area contributed by atoms with E-state index in [0.29, 0.717) is 11.8 Å². The highest BCUT2D eigenvalue weighted by atomic mass is 35.5. The van der Waals surface area contributed by atoms with Gasteiger partial charge in [0.05, 0.1) is 10.6 Å². The highest BCUT2D eigenvalue weighted by Crippen LogP contribution is 2.33. The highest BCUT2D eigenvalue weighted by Gasteiger charge is 2.32. The Balaban J connectivity index is 1.93. The smallest absolute Gasteiger partial charge is 0.352 e. The van der Waals surface area contributed by atoms with Crippen molar-refractivity contribution >= 4 is 17.4 Å². The molecule has 0 saturated carbocycles. The summed E-state index contributed by atoms with van der Waals surface area (Å²) in [5.41, 5.74) is -0.500. The molecule has 0 radical (unpaired) electrons. The SMILES string of the molecule is O=C(c1ccccc1)c1cc(-c2ncc(C(F)(F)F)cc2Cl)no1. The Bertz CT molecular complexity index is 892. The molecule has 3 rings (SSSR count). The van der Waals surface area contributed by atoms with Crippen LogP contribution in [0, 0.1) is 0 Å². The Hall–Kier alpha value is -2.67. The molecule has 0 fully saturated rings. The number of aromatic nitrogens is 2. The van der Waals surface area contributed by atoms with Gasteiger partial charge in [-0.15, -0.1) is 0 Å². The van der Waals surface area contributed by atoms with Crippen molar-refractivity contribution in [1.82, 2.24) is 10.1 Å². The molecule has 0 unspecified atom stereocenters. The summed E-state index contributed by atoms with van der Waals surface area (Å²) < 4.78 is 42.8. The third-order valence-electron chi connectivity index (χ3n) is 3.18. The van der Waals surface area contributed by atoms with E-state index in [4.69, 9.17) is 16.1 Å². The first-order valence-electron chi connectivity index (χ1n) is 6.66. The van der Waals surface area contributed by atoms with E-state index in [1.807, 2.05) is 0 Å². The minimum Gasteiger partial charge on any atom is -0.352 e. The van der Waals surface area contributed by atoms with Crippen LogP contribution in [0.4, 0.5) is 13.2 Å². The van der Waals surface area contributed by atoms with Gasteiger partial charge in [-0.1, -0.05) is 47.1 Å². The van der Waals surface area contributed by atoms with Crippen LogP contribution in [0.3, 0.4) is 0 Å². The molecule has 1 aromatic carbocycles. The first kappa shape index (κ1) is 16.2. The largest absolute Gasteiger partial charge is 0.417 e. The first-order valence-corrected chi connectivity index (χ1v) is 7.03. The van der Waals surface area contributed by atoms with Gasteiger partial charge in [0.2, 0.25) is 11.5 Å². The summed E-state index contributed by atoms with van der Waals surface area (Å²) in [7, 11) is 0. The first-order chi connectivity index (χ1) is 11.4. The van der Waals surface area contributed by atoms with Gasteiger partial charge < -0.3 is 4.52 Å². The summed E-state index contributed by atoms with van der Waals surface area (Å²) in [6, 6.07) is 10.4. The molecular weight excluding hydrogens is 345 g/mol. The van der Waals surface area contributed by atoms with Crippen molar-refractivity contribution in [2.75, 3.05) is 0 Å². The van der Waals surface area contributed by atoms with Crippen LogP contribution >= 0.6 is 11.6 Å². The minimum atomic E-state index is -4.55. The summed E-state index contributed by atoms with van der Waals surface area (Å²) in [5, 5.41) is 3.42. The van der Waals surface area contributed by atoms with Crippen molar-refractivity contribution in [2.45, 2.75) is 6.18 Å². The van der Waals surface area contributed by atoms with Crippen molar-refractivity contribution in [3.05, 3.63) is 70.6 Å². The molecule has 122 valence electrons. The van der Waals surface area contributed by atoms with Gasteiger partial charge >= 0.3 is 6.18 Å². The molecule has 3 aromatic rings. The Morgan fingerprint density at radius 2 is 1.83 bits per heavy atom. The predicted octanol–water partition coefficient (Wildman–Crippen LogP) is 4.64. The third-order valence-corrected chi connectivity index (χ3v) is 3.47. The van der Waals surface area contributed by atoms with E-state index < -0.39 is 17.5 Å². The molecule has 0 saturated heterocycles. The summed E-state index contributed by atoms with van der Waals surface area (Å²) in [5.74, 6) is -0.466. The number of hydrogen-bond donors (Lipinski definition) is 0. The molecule has 0 aliphatic rings. The molecule has 24 heavy (non-hydrogen) atoms. The van der Waals surface area contributed by atoms with E-state index in [1.165, 1.54) is 6.07 Å². The second-order valence-corrected chi connectivity index (χ2v) is 5.23. The second-order valence-electron chi connectivity index (χ2n) is 4.82. The van der Waals surface area contributed by atoms with Crippen LogP contribution in [0.2, 0.25) is 5.02 Å². The van der Waals surface area contributed by atoms with E-state index in [1.54, 1.807) is 30.3 Å². The number of hydrogen-bond acceptors (Lipinski definition) is 4. The number of nitrogens with zero attached hydrogens (tertiary/aromatic N) is 2. The average molecular weight is 353 g/mol. The van der Waals surface area contributed by atoms with Crippen LogP contribution in [0.1, 0.15) is 21.7 Å². The summed E-state index contributed by atoms with van der Waals surface area (Å²) in [4.78, 5) is 15.9. The summed E-state index contributed by atoms with van der Waals surface area (Å²) in [6.45, 7) is 0. The maximum Gasteiger partial charge on any atom is 0.417 e. The lowest BCUT2D eigenvalue weighted by Gasteiger charge is -2.07. The molecule has 0 N–H and O–H groups in total. The van der Waals surface area contributed by atoms with Crippen molar-refractivity contribution in [2.24, 2.45) is 0 Å². The number of ketones is 1. The lowest BCUT2D eigenvalue weighted by atomic mass is 10.1. The Morgan fingerprint density at radius 1 is 1.12 bits per heavy atom. The molecule has 4 nitrogen and oxygen atoms in total. The molecule has 0 spiro atoms. The quantitative estimate of drug-likeness (QED) is 0.644. The predicted molar refractivity (Wildman–Crippen MR) is 79.6 cm³/mol. The summed E-state index contributed by atoms with van der Waals surface area (Å²) >= 11 is 5.85. The van der Waals surface area contributed by atoms with Crippen LogP contribution in [-0.4, -0.2) is 15.9 Å². The van der Waals surface area contributed by atoms with Crippen LogP contribution in [0.15, 0.2) is 53.2 Å². The normalized spacial score (nSPS) is 11.5. The van der Waals surface area contributed by atoms with Gasteiger partial charge in [-0.2, -0.15) is 13.2 Å². The second kappa shape index (κ2) is 6.09. The summed E-state index contributed by atoms with van der Waals surface area (Å²) in [6.07, 6.45) is -3.90.